The number of hydrogen-bond acceptors (Lipinski definition) is 4. The summed E-state index contributed by atoms with van der Waals surface area (Å²) in [7, 11) is 1.48. The summed E-state index contributed by atoms with van der Waals surface area (Å²) in [6.45, 7) is 3.03. The monoisotopic (exact) mass is 428 g/mol. The van der Waals surface area contributed by atoms with Gasteiger partial charge in [0.1, 0.15) is 6.04 Å². The fourth-order valence-corrected chi connectivity index (χ4v) is 4.17. The van der Waals surface area contributed by atoms with Gasteiger partial charge in [0.2, 0.25) is 17.4 Å². The molecule has 1 aliphatic rings. The van der Waals surface area contributed by atoms with Crippen LogP contribution in [-0.4, -0.2) is 59.1 Å². The Kier molecular flexibility index (Phi) is 6.94. The molecule has 2 aromatic rings. The summed E-state index contributed by atoms with van der Waals surface area (Å²) in [5.41, 5.74) is 2.37. The average Bonchev–Trinajstić information content (AvgIpc) is 2.73. The van der Waals surface area contributed by atoms with E-state index in [-0.39, 0.29) is 29.7 Å². The molecule has 166 valence electrons. The third-order valence-corrected chi connectivity index (χ3v) is 5.87. The van der Waals surface area contributed by atoms with Crippen molar-refractivity contribution in [1.82, 2.24) is 20.5 Å². The largest absolute Gasteiger partial charge is 0.465 e. The van der Waals surface area contributed by atoms with Crippen LogP contribution >= 0.6 is 0 Å². The molecule has 9 heteroatoms. The Hall–Kier alpha value is -3.36. The van der Waals surface area contributed by atoms with Crippen LogP contribution in [0, 0.1) is 12.8 Å². The number of amides is 3. The van der Waals surface area contributed by atoms with Gasteiger partial charge >= 0.3 is 6.09 Å². The quantitative estimate of drug-likeness (QED) is 0.552. The maximum atomic E-state index is 12.8. The van der Waals surface area contributed by atoms with Gasteiger partial charge in [-0.2, -0.15) is 0 Å². The zero-order valence-corrected chi connectivity index (χ0v) is 17.7. The van der Waals surface area contributed by atoms with Gasteiger partial charge in [0.05, 0.1) is 6.42 Å². The molecule has 0 spiro atoms. The first-order valence-electron chi connectivity index (χ1n) is 10.4. The standard InChI is InChI=1S/C22H28N4O5/c1-13-9-19(27)24-17-4-3-15(10-16(13)17)12-20(28)26-7-5-14(6-8-26)11-18(21(29)23-2)25-22(30)31/h3-4,9-10,14,18,25H,5-8,11-12H2,1-2H3,(H,23,29)(H,24,27)(H,30,31)/t18-/m1/s1. The number of hydrogen-bond donors (Lipinski definition) is 4. The number of carboxylic acid groups (broad SMARTS) is 1. The highest BCUT2D eigenvalue weighted by Crippen LogP contribution is 2.23. The van der Waals surface area contributed by atoms with Gasteiger partial charge in [0, 0.05) is 37.1 Å². The first-order valence-corrected chi connectivity index (χ1v) is 10.4. The Morgan fingerprint density at radius 1 is 1.23 bits per heavy atom. The predicted molar refractivity (Wildman–Crippen MR) is 116 cm³/mol. The molecule has 9 nitrogen and oxygen atoms in total. The second-order valence-corrected chi connectivity index (χ2v) is 8.05. The Bertz CT molecular complexity index is 1040. The van der Waals surface area contributed by atoms with Crippen LogP contribution < -0.4 is 16.2 Å². The molecule has 31 heavy (non-hydrogen) atoms. The maximum Gasteiger partial charge on any atom is 0.405 e. The van der Waals surface area contributed by atoms with Gasteiger partial charge in [0.25, 0.3) is 0 Å². The van der Waals surface area contributed by atoms with Gasteiger partial charge in [-0.1, -0.05) is 6.07 Å². The number of aromatic nitrogens is 1. The number of pyridine rings is 1. The highest BCUT2D eigenvalue weighted by molar-refractivity contribution is 5.86. The van der Waals surface area contributed by atoms with Crippen LogP contribution in [0.1, 0.15) is 30.4 Å². The van der Waals surface area contributed by atoms with E-state index in [1.807, 2.05) is 30.0 Å². The van der Waals surface area contributed by atoms with Gasteiger partial charge in [-0.25, -0.2) is 4.79 Å². The van der Waals surface area contributed by atoms with E-state index in [2.05, 4.69) is 15.6 Å². The molecule has 1 atom stereocenters. The molecule has 2 heterocycles. The zero-order valence-electron chi connectivity index (χ0n) is 17.7. The van der Waals surface area contributed by atoms with Gasteiger partial charge in [-0.3, -0.25) is 14.4 Å². The summed E-state index contributed by atoms with van der Waals surface area (Å²) in [5.74, 6) is -0.154. The third-order valence-electron chi connectivity index (χ3n) is 5.87. The molecule has 0 radical (unpaired) electrons. The van der Waals surface area contributed by atoms with Crippen molar-refractivity contribution in [2.24, 2.45) is 5.92 Å². The number of aryl methyl sites for hydroxylation is 1. The number of nitrogens with one attached hydrogen (secondary N) is 3. The molecule has 4 N–H and O–H groups in total. The SMILES string of the molecule is CNC(=O)[C@@H](CC1CCN(C(=O)Cc2ccc3[nH]c(=O)cc(C)c3c2)CC1)NC(=O)O. The minimum absolute atomic E-state index is 0.0337. The summed E-state index contributed by atoms with van der Waals surface area (Å²) in [4.78, 5) is 51.9. The number of likely N-dealkylation sites (N-methyl/N-ethyl adjacent to an activating group) is 1. The summed E-state index contributed by atoms with van der Waals surface area (Å²) in [6.07, 6.45) is 0.907. The molecular weight excluding hydrogens is 400 g/mol. The molecule has 0 saturated carbocycles. The van der Waals surface area contributed by atoms with Gasteiger partial charge in [-0.15, -0.1) is 0 Å². The molecule has 3 amide bonds. The number of H-pyrrole nitrogens is 1. The Labute approximate surface area is 179 Å². The topological polar surface area (TPSA) is 132 Å². The molecule has 1 aromatic heterocycles. The molecule has 1 saturated heterocycles. The number of piperidine rings is 1. The fraction of sp³-hybridized carbons (Fsp3) is 0.455. The molecule has 0 aliphatic carbocycles. The zero-order chi connectivity index (χ0) is 22.5. The second kappa shape index (κ2) is 9.63. The Balaban J connectivity index is 1.58. The van der Waals surface area contributed by atoms with Gasteiger partial charge in [0.15, 0.2) is 0 Å². The summed E-state index contributed by atoms with van der Waals surface area (Å²) in [5, 5.41) is 14.6. The van der Waals surface area contributed by atoms with E-state index in [0.29, 0.717) is 19.5 Å². The lowest BCUT2D eigenvalue weighted by atomic mass is 9.89. The van der Waals surface area contributed by atoms with E-state index in [1.165, 1.54) is 7.05 Å². The third kappa shape index (κ3) is 5.62. The minimum Gasteiger partial charge on any atom is -0.465 e. The van der Waals surface area contributed by atoms with Crippen molar-refractivity contribution in [3.63, 3.8) is 0 Å². The summed E-state index contributed by atoms with van der Waals surface area (Å²) in [6, 6.07) is 6.38. The van der Waals surface area contributed by atoms with Crippen molar-refractivity contribution in [2.45, 2.75) is 38.6 Å². The fourth-order valence-electron chi connectivity index (χ4n) is 4.17. The van der Waals surface area contributed by atoms with E-state index in [9.17, 15) is 19.2 Å². The number of fused-ring (bicyclic) bond motifs is 1. The average molecular weight is 428 g/mol. The van der Waals surface area contributed by atoms with E-state index >= 15 is 0 Å². The van der Waals surface area contributed by atoms with E-state index < -0.39 is 12.1 Å². The van der Waals surface area contributed by atoms with Crippen LogP contribution in [0.5, 0.6) is 0 Å². The molecule has 0 unspecified atom stereocenters. The second-order valence-electron chi connectivity index (χ2n) is 8.05. The highest BCUT2D eigenvalue weighted by Gasteiger charge is 2.28. The number of nitrogens with zero attached hydrogens (tertiary/aromatic N) is 1. The van der Waals surface area contributed by atoms with Crippen molar-refractivity contribution < 1.29 is 19.5 Å². The lowest BCUT2D eigenvalue weighted by molar-refractivity contribution is -0.132. The van der Waals surface area contributed by atoms with Crippen molar-refractivity contribution in [3.8, 4) is 0 Å². The number of aromatic amines is 1. The van der Waals surface area contributed by atoms with Crippen LogP contribution in [0.4, 0.5) is 4.79 Å². The van der Waals surface area contributed by atoms with Crippen molar-refractivity contribution in [3.05, 3.63) is 45.7 Å². The lowest BCUT2D eigenvalue weighted by Gasteiger charge is -2.33. The molecule has 1 aliphatic heterocycles. The van der Waals surface area contributed by atoms with E-state index in [1.54, 1.807) is 6.07 Å². The van der Waals surface area contributed by atoms with E-state index in [4.69, 9.17) is 5.11 Å². The van der Waals surface area contributed by atoms with Crippen LogP contribution in [0.2, 0.25) is 0 Å². The smallest absolute Gasteiger partial charge is 0.405 e. The normalized spacial score (nSPS) is 15.5. The molecule has 1 fully saturated rings. The molecule has 0 bridgehead atoms. The first-order chi connectivity index (χ1) is 14.8. The highest BCUT2D eigenvalue weighted by atomic mass is 16.4. The maximum absolute atomic E-state index is 12.8. The molecule has 3 rings (SSSR count). The summed E-state index contributed by atoms with van der Waals surface area (Å²) < 4.78 is 0. The van der Waals surface area contributed by atoms with E-state index in [0.717, 1.165) is 34.9 Å². The van der Waals surface area contributed by atoms with Crippen molar-refractivity contribution >= 4 is 28.8 Å². The van der Waals surface area contributed by atoms with Crippen LogP contribution in [0.3, 0.4) is 0 Å². The van der Waals surface area contributed by atoms with Crippen LogP contribution in [0.15, 0.2) is 29.1 Å². The lowest BCUT2D eigenvalue weighted by Crippen LogP contribution is -2.47. The number of rotatable bonds is 6. The molecular formula is C22H28N4O5. The summed E-state index contributed by atoms with van der Waals surface area (Å²) >= 11 is 0. The Morgan fingerprint density at radius 3 is 2.58 bits per heavy atom. The van der Waals surface area contributed by atoms with Crippen molar-refractivity contribution in [2.75, 3.05) is 20.1 Å². The van der Waals surface area contributed by atoms with Crippen LogP contribution in [0.25, 0.3) is 10.9 Å². The minimum atomic E-state index is -1.23. The number of carbonyl (C=O) groups excluding carboxylic acids is 2. The van der Waals surface area contributed by atoms with Crippen LogP contribution in [-0.2, 0) is 16.0 Å². The first kappa shape index (κ1) is 22.3. The number of carbonyl (C=O) groups is 3. The van der Waals surface area contributed by atoms with Crippen molar-refractivity contribution in [1.29, 1.82) is 0 Å². The van der Waals surface area contributed by atoms with Gasteiger partial charge in [-0.05, 0) is 55.4 Å². The van der Waals surface area contributed by atoms with Gasteiger partial charge < -0.3 is 25.6 Å². The number of benzene rings is 1. The number of likely N-dealkylation sites (tertiary alicyclic amines) is 1. The molecule has 1 aromatic carbocycles. The predicted octanol–water partition coefficient (Wildman–Crippen LogP) is 1.39. The Morgan fingerprint density at radius 2 is 1.94 bits per heavy atom.